The van der Waals surface area contributed by atoms with Crippen LogP contribution in [-0.2, 0) is 19.1 Å². The highest BCUT2D eigenvalue weighted by Crippen LogP contribution is 2.66. The second kappa shape index (κ2) is 10.6. The molecule has 2 saturated heterocycles. The van der Waals surface area contributed by atoms with Gasteiger partial charge in [0.15, 0.2) is 11.7 Å². The van der Waals surface area contributed by atoms with Crippen LogP contribution in [-0.4, -0.2) is 82.9 Å². The largest absolute Gasteiger partial charge is 0.428 e. The van der Waals surface area contributed by atoms with E-state index in [1.54, 1.807) is 0 Å². The van der Waals surface area contributed by atoms with Gasteiger partial charge in [0, 0.05) is 11.1 Å². The van der Waals surface area contributed by atoms with Gasteiger partial charge in [-0.25, -0.2) is 11.0 Å². The van der Waals surface area contributed by atoms with E-state index < -0.39 is 94.1 Å². The third-order valence-electron chi connectivity index (χ3n) is 6.22. The molecule has 6 N–H and O–H groups in total. The van der Waals surface area contributed by atoms with Crippen LogP contribution in [0.25, 0.3) is 0 Å². The zero-order chi connectivity index (χ0) is 37.5. The first-order chi connectivity index (χ1) is 21.2. The van der Waals surface area contributed by atoms with E-state index in [-0.39, 0.29) is 0 Å². The lowest BCUT2D eigenvalue weighted by molar-refractivity contribution is -0.364. The number of benzene rings is 1. The van der Waals surface area contributed by atoms with Gasteiger partial charge in [0.2, 0.25) is 0 Å². The minimum Gasteiger partial charge on any atom is -0.359 e. The lowest BCUT2D eigenvalue weighted by atomic mass is 10.00. The third-order valence-corrected chi connectivity index (χ3v) is 6.22. The zero-order valence-corrected chi connectivity index (χ0v) is 21.7. The van der Waals surface area contributed by atoms with E-state index in [4.69, 9.17) is 21.6 Å². The fraction of sp³-hybridized carbons (Fsp3) is 0.500. The minimum absolute atomic E-state index is 0.611. The van der Waals surface area contributed by atoms with Crippen molar-refractivity contribution in [1.29, 1.82) is 21.6 Å². The lowest BCUT2D eigenvalue weighted by Crippen LogP contribution is -2.63. The Morgan fingerprint density at radius 3 is 0.958 bits per heavy atom. The summed E-state index contributed by atoms with van der Waals surface area (Å²) < 4.78 is 249. The van der Waals surface area contributed by atoms with Crippen LogP contribution < -0.4 is 11.0 Å². The van der Waals surface area contributed by atoms with Crippen LogP contribution in [0, 0.1) is 21.6 Å². The summed E-state index contributed by atoms with van der Waals surface area (Å²) in [5, 5.41) is 28.8. The Balaban J connectivity index is 1.65. The van der Waals surface area contributed by atoms with Crippen LogP contribution in [0.2, 0.25) is 0 Å². The predicted molar refractivity (Wildman–Crippen MR) is 113 cm³/mol. The van der Waals surface area contributed by atoms with E-state index in [0.717, 1.165) is 11.0 Å². The number of amidine groups is 2. The number of nitrogens with one attached hydrogen (secondary N) is 6. The molecule has 2 heterocycles. The number of rotatable bonds is 6. The van der Waals surface area contributed by atoms with Gasteiger partial charge in [-0.05, 0) is 0 Å². The maximum Gasteiger partial charge on any atom is 0.428 e. The summed E-state index contributed by atoms with van der Waals surface area (Å²) in [6.45, 7) is 0. The maximum atomic E-state index is 14.3. The maximum absolute atomic E-state index is 14.3. The summed E-state index contributed by atoms with van der Waals surface area (Å²) in [6.07, 6.45) is -13.0. The molecule has 0 aromatic heterocycles. The van der Waals surface area contributed by atoms with Crippen molar-refractivity contribution in [3.05, 3.63) is 35.4 Å². The molecule has 48 heavy (non-hydrogen) atoms. The molecule has 270 valence electrons. The number of alkyl halides is 18. The van der Waals surface area contributed by atoms with E-state index in [1.807, 2.05) is 0 Å². The number of ether oxygens (including phenoxy) is 2. The van der Waals surface area contributed by atoms with Gasteiger partial charge < -0.3 is 9.68 Å². The van der Waals surface area contributed by atoms with Crippen molar-refractivity contribution < 1.29 is 98.2 Å². The molecule has 0 bridgehead atoms. The van der Waals surface area contributed by atoms with Gasteiger partial charge in [0.25, 0.3) is 11.8 Å². The first-order valence-electron chi connectivity index (χ1n) is 11.4. The molecular weight excluding hydrogens is 730 g/mol. The standard InChI is InChI=1S/C20H10F18N6O4/c21-11(22,17(33)13(25,26)15(29,30)19(35,36)47-17)9(41)45-43-7(39)5-1-2-6(4-3-5)8(40)44-46-10(42)12(23,24)18(34)14(27,28)16(31,32)20(37,38)48-18/h1-4,41-42H,(H2,39,43)(H2,40,44). The van der Waals surface area contributed by atoms with Gasteiger partial charge in [0.05, 0.1) is 0 Å². The second-order valence-corrected chi connectivity index (χ2v) is 9.27. The first kappa shape index (κ1) is 38.2. The smallest absolute Gasteiger partial charge is 0.359 e. The molecule has 2 aliphatic heterocycles. The Kier molecular flexibility index (Phi) is 8.46. The molecule has 0 saturated carbocycles. The van der Waals surface area contributed by atoms with Gasteiger partial charge in [-0.1, -0.05) is 24.3 Å². The number of halogens is 18. The van der Waals surface area contributed by atoms with Crippen molar-refractivity contribution in [3.63, 3.8) is 0 Å². The first-order valence-corrected chi connectivity index (χ1v) is 11.4. The fourth-order valence-corrected chi connectivity index (χ4v) is 3.45. The Morgan fingerprint density at radius 2 is 0.750 bits per heavy atom. The molecule has 3 rings (SSSR count). The molecule has 1 aromatic carbocycles. The van der Waals surface area contributed by atoms with Gasteiger partial charge >= 0.3 is 59.5 Å². The van der Waals surface area contributed by atoms with Crippen molar-refractivity contribution >= 4 is 23.5 Å². The summed E-state index contributed by atoms with van der Waals surface area (Å²) in [5.74, 6) is -62.4. The van der Waals surface area contributed by atoms with Gasteiger partial charge in [-0.3, -0.25) is 31.1 Å². The highest BCUT2D eigenvalue weighted by Gasteiger charge is 2.97. The van der Waals surface area contributed by atoms with E-state index in [0.29, 0.717) is 24.3 Å². The van der Waals surface area contributed by atoms with E-state index >= 15 is 0 Å². The predicted octanol–water partition coefficient (Wildman–Crippen LogP) is 5.72. The normalized spacial score (nSPS) is 27.9. The number of hydroxylamine groups is 2. The SMILES string of the molecule is N=C(NOC(=N)C(F)(F)C1(F)OC(F)(F)C(F)(F)C1(F)F)c1ccc(C(=N)NOC(=N)C(F)(F)C2(F)OC(F)(F)C(F)(F)C2(F)F)cc1. The van der Waals surface area contributed by atoms with Crippen molar-refractivity contribution in [1.82, 2.24) is 11.0 Å². The molecule has 10 nitrogen and oxygen atoms in total. The number of hydrogen-bond donors (Lipinski definition) is 6. The van der Waals surface area contributed by atoms with E-state index in [1.165, 1.54) is 0 Å². The van der Waals surface area contributed by atoms with Crippen molar-refractivity contribution in [2.45, 2.75) is 59.5 Å². The summed E-state index contributed by atoms with van der Waals surface area (Å²) in [6, 6.07) is 2.52. The highest BCUT2D eigenvalue weighted by molar-refractivity contribution is 6.00. The molecule has 2 aliphatic rings. The minimum atomic E-state index is -6.96. The van der Waals surface area contributed by atoms with Crippen LogP contribution in [0.3, 0.4) is 0 Å². The third kappa shape index (κ3) is 4.84. The molecule has 2 atom stereocenters. The van der Waals surface area contributed by atoms with E-state index in [9.17, 15) is 79.0 Å². The topological polar surface area (TPSA) is 156 Å². The molecular formula is C20H10F18N6O4. The highest BCUT2D eigenvalue weighted by atomic mass is 19.4. The molecule has 28 heteroatoms. The summed E-state index contributed by atoms with van der Waals surface area (Å²) in [4.78, 5) is 7.31. The molecule has 0 aliphatic carbocycles. The van der Waals surface area contributed by atoms with Gasteiger partial charge in [-0.15, -0.1) is 0 Å². The molecule has 0 spiro atoms. The second-order valence-electron chi connectivity index (χ2n) is 9.27. The average molecular weight is 740 g/mol. The Labute approximate surface area is 250 Å². The van der Waals surface area contributed by atoms with Crippen LogP contribution in [0.5, 0.6) is 0 Å². The molecule has 0 amide bonds. The molecule has 2 unspecified atom stereocenters. The Bertz CT molecular complexity index is 1410. The molecule has 1 aromatic rings. The Morgan fingerprint density at radius 1 is 0.500 bits per heavy atom. The van der Waals surface area contributed by atoms with Crippen LogP contribution in [0.4, 0.5) is 79.0 Å². The van der Waals surface area contributed by atoms with Crippen LogP contribution >= 0.6 is 0 Å². The van der Waals surface area contributed by atoms with Gasteiger partial charge in [0.1, 0.15) is 0 Å². The van der Waals surface area contributed by atoms with Crippen molar-refractivity contribution in [3.8, 4) is 0 Å². The quantitative estimate of drug-likeness (QED) is 0.0949. The average Bonchev–Trinajstić information content (AvgIpc) is 3.13. The van der Waals surface area contributed by atoms with Crippen LogP contribution in [0.15, 0.2) is 24.3 Å². The monoisotopic (exact) mass is 740 g/mol. The molecule has 0 radical (unpaired) electrons. The van der Waals surface area contributed by atoms with Crippen molar-refractivity contribution in [2.75, 3.05) is 0 Å². The lowest BCUT2D eigenvalue weighted by Gasteiger charge is -2.32. The van der Waals surface area contributed by atoms with E-state index in [2.05, 4.69) is 19.1 Å². The Hall–Kier alpha value is -4.24. The molecule has 2 fully saturated rings. The summed E-state index contributed by atoms with van der Waals surface area (Å²) >= 11 is 0. The fourth-order valence-electron chi connectivity index (χ4n) is 3.45. The summed E-state index contributed by atoms with van der Waals surface area (Å²) in [5.41, 5.74) is 0.946. The van der Waals surface area contributed by atoms with Crippen molar-refractivity contribution in [2.24, 2.45) is 0 Å². The summed E-state index contributed by atoms with van der Waals surface area (Å²) in [7, 11) is 0. The van der Waals surface area contributed by atoms with Crippen LogP contribution in [0.1, 0.15) is 11.1 Å². The van der Waals surface area contributed by atoms with Gasteiger partial charge in [-0.2, -0.15) is 79.0 Å². The number of hydrogen-bond acceptors (Lipinski definition) is 8. The zero-order valence-electron chi connectivity index (χ0n) is 21.7.